The topological polar surface area (TPSA) is 87.0 Å². The molecular formula is C25H21NO6. The number of furan rings is 1. The third-order valence-electron chi connectivity index (χ3n) is 4.98. The van der Waals surface area contributed by atoms with Gasteiger partial charge in [0, 0.05) is 22.2 Å². The fraction of sp³-hybridized carbons (Fsp3) is 0.120. The summed E-state index contributed by atoms with van der Waals surface area (Å²) in [6.07, 6.45) is 0. The van der Waals surface area contributed by atoms with Crippen molar-refractivity contribution in [2.45, 2.75) is 0 Å². The Hall–Kier alpha value is -4.26. The Kier molecular flexibility index (Phi) is 5.81. The van der Waals surface area contributed by atoms with Crippen molar-refractivity contribution in [3.63, 3.8) is 0 Å². The summed E-state index contributed by atoms with van der Waals surface area (Å²) in [5, 5.41) is 3.67. The van der Waals surface area contributed by atoms with Crippen molar-refractivity contribution in [3.8, 4) is 17.2 Å². The zero-order valence-electron chi connectivity index (χ0n) is 17.8. The minimum absolute atomic E-state index is 0.233. The lowest BCUT2D eigenvalue weighted by molar-refractivity contribution is 0.101. The highest BCUT2D eigenvalue weighted by Gasteiger charge is 2.18. The number of fused-ring (bicyclic) bond motifs is 1. The van der Waals surface area contributed by atoms with Crippen molar-refractivity contribution in [1.82, 2.24) is 0 Å². The van der Waals surface area contributed by atoms with Crippen molar-refractivity contribution >= 4 is 28.3 Å². The molecule has 1 aromatic heterocycles. The highest BCUT2D eigenvalue weighted by atomic mass is 16.5. The quantitative estimate of drug-likeness (QED) is 0.417. The van der Waals surface area contributed by atoms with Crippen LogP contribution in [0.2, 0.25) is 0 Å². The monoisotopic (exact) mass is 431 g/mol. The van der Waals surface area contributed by atoms with Crippen LogP contribution in [-0.4, -0.2) is 33.0 Å². The lowest BCUT2D eigenvalue weighted by atomic mass is 10.1. The maximum absolute atomic E-state index is 12.8. The number of nitrogens with one attached hydrogen (secondary N) is 1. The molecule has 3 aromatic carbocycles. The Labute approximate surface area is 184 Å². The first-order valence-electron chi connectivity index (χ1n) is 9.78. The summed E-state index contributed by atoms with van der Waals surface area (Å²) in [6.45, 7) is 0. The maximum Gasteiger partial charge on any atom is 0.255 e. The van der Waals surface area contributed by atoms with E-state index >= 15 is 0 Å². The van der Waals surface area contributed by atoms with Gasteiger partial charge in [-0.15, -0.1) is 0 Å². The first-order chi connectivity index (χ1) is 15.5. The van der Waals surface area contributed by atoms with Gasteiger partial charge in [-0.2, -0.15) is 0 Å². The number of anilines is 1. The molecule has 0 aliphatic carbocycles. The first-order valence-corrected chi connectivity index (χ1v) is 9.78. The van der Waals surface area contributed by atoms with E-state index in [1.807, 2.05) is 24.3 Å². The number of amides is 1. The molecule has 1 amide bonds. The molecule has 0 saturated carbocycles. The molecule has 0 aliphatic rings. The van der Waals surface area contributed by atoms with Gasteiger partial charge in [0.25, 0.3) is 5.91 Å². The summed E-state index contributed by atoms with van der Waals surface area (Å²) in [5.41, 5.74) is 1.98. The SMILES string of the molecule is COc1cc(C(=O)Nc2ccc(C(=O)c3cc4ccccc4o3)cc2)cc(OC)c1OC. The Morgan fingerprint density at radius 1 is 0.781 bits per heavy atom. The van der Waals surface area contributed by atoms with Crippen LogP contribution in [0.3, 0.4) is 0 Å². The highest BCUT2D eigenvalue weighted by Crippen LogP contribution is 2.38. The summed E-state index contributed by atoms with van der Waals surface area (Å²) in [7, 11) is 4.46. The predicted molar refractivity (Wildman–Crippen MR) is 120 cm³/mol. The molecule has 7 nitrogen and oxygen atoms in total. The van der Waals surface area contributed by atoms with E-state index in [1.54, 1.807) is 42.5 Å². The predicted octanol–water partition coefficient (Wildman–Crippen LogP) is 4.94. The van der Waals surface area contributed by atoms with Gasteiger partial charge in [-0.1, -0.05) is 18.2 Å². The molecule has 0 radical (unpaired) electrons. The summed E-state index contributed by atoms with van der Waals surface area (Å²) >= 11 is 0. The van der Waals surface area contributed by atoms with Crippen LogP contribution in [0.1, 0.15) is 26.5 Å². The van der Waals surface area contributed by atoms with Gasteiger partial charge in [0.1, 0.15) is 5.58 Å². The highest BCUT2D eigenvalue weighted by molar-refractivity contribution is 6.09. The normalized spacial score (nSPS) is 10.6. The van der Waals surface area contributed by atoms with Gasteiger partial charge in [-0.25, -0.2) is 0 Å². The number of ketones is 1. The molecule has 7 heteroatoms. The Morgan fingerprint density at radius 2 is 1.44 bits per heavy atom. The minimum atomic E-state index is -0.361. The first kappa shape index (κ1) is 21.0. The van der Waals surface area contributed by atoms with Crippen molar-refractivity contribution in [1.29, 1.82) is 0 Å². The molecule has 162 valence electrons. The Bertz CT molecular complexity index is 1230. The van der Waals surface area contributed by atoms with Crippen LogP contribution in [0.25, 0.3) is 11.0 Å². The van der Waals surface area contributed by atoms with Gasteiger partial charge in [0.05, 0.1) is 21.3 Å². The summed E-state index contributed by atoms with van der Waals surface area (Å²) in [5.74, 6) is 0.831. The van der Waals surface area contributed by atoms with Gasteiger partial charge < -0.3 is 23.9 Å². The third kappa shape index (κ3) is 4.00. The molecule has 1 heterocycles. The summed E-state index contributed by atoms with van der Waals surface area (Å²) in [4.78, 5) is 25.5. The van der Waals surface area contributed by atoms with Crippen LogP contribution in [0.15, 0.2) is 71.1 Å². The van der Waals surface area contributed by atoms with E-state index in [0.29, 0.717) is 39.6 Å². The third-order valence-corrected chi connectivity index (χ3v) is 4.98. The molecule has 32 heavy (non-hydrogen) atoms. The van der Waals surface area contributed by atoms with E-state index in [0.717, 1.165) is 5.39 Å². The van der Waals surface area contributed by atoms with Crippen molar-refractivity contribution in [2.75, 3.05) is 26.6 Å². The number of rotatable bonds is 7. The maximum atomic E-state index is 12.8. The zero-order valence-corrected chi connectivity index (χ0v) is 17.8. The van der Waals surface area contributed by atoms with Crippen molar-refractivity contribution in [2.24, 2.45) is 0 Å². The molecule has 4 aromatic rings. The second-order valence-electron chi connectivity index (χ2n) is 6.92. The molecule has 1 N–H and O–H groups in total. The average molecular weight is 431 g/mol. The molecular weight excluding hydrogens is 410 g/mol. The van der Waals surface area contributed by atoms with E-state index in [1.165, 1.54) is 21.3 Å². The molecule has 0 aliphatic heterocycles. The van der Waals surface area contributed by atoms with E-state index in [2.05, 4.69) is 5.32 Å². The second-order valence-corrected chi connectivity index (χ2v) is 6.92. The van der Waals surface area contributed by atoms with Gasteiger partial charge >= 0.3 is 0 Å². The molecule has 0 fully saturated rings. The number of hydrogen-bond acceptors (Lipinski definition) is 6. The number of carbonyl (C=O) groups excluding carboxylic acids is 2. The van der Waals surface area contributed by atoms with E-state index in [4.69, 9.17) is 18.6 Å². The smallest absolute Gasteiger partial charge is 0.255 e. The number of hydrogen-bond donors (Lipinski definition) is 1. The molecule has 0 saturated heterocycles. The fourth-order valence-corrected chi connectivity index (χ4v) is 3.36. The molecule has 0 atom stereocenters. The number of ether oxygens (including phenoxy) is 3. The van der Waals surface area contributed by atoms with E-state index in [-0.39, 0.29) is 17.5 Å². The second kappa shape index (κ2) is 8.85. The Balaban J connectivity index is 1.52. The van der Waals surface area contributed by atoms with Crippen LogP contribution >= 0.6 is 0 Å². The fourth-order valence-electron chi connectivity index (χ4n) is 3.36. The molecule has 4 rings (SSSR count). The molecule has 0 bridgehead atoms. The van der Waals surface area contributed by atoms with Crippen LogP contribution in [-0.2, 0) is 0 Å². The van der Waals surface area contributed by atoms with Crippen LogP contribution < -0.4 is 19.5 Å². The zero-order chi connectivity index (χ0) is 22.7. The van der Waals surface area contributed by atoms with Crippen molar-refractivity contribution < 1.29 is 28.2 Å². The minimum Gasteiger partial charge on any atom is -0.493 e. The number of para-hydroxylation sites is 1. The molecule has 0 spiro atoms. The number of methoxy groups -OCH3 is 3. The van der Waals surface area contributed by atoms with E-state index < -0.39 is 0 Å². The van der Waals surface area contributed by atoms with Crippen molar-refractivity contribution in [3.05, 3.63) is 83.6 Å². The van der Waals surface area contributed by atoms with Crippen LogP contribution in [0, 0.1) is 0 Å². The number of carbonyl (C=O) groups is 2. The van der Waals surface area contributed by atoms with Gasteiger partial charge in [0.15, 0.2) is 17.3 Å². The van der Waals surface area contributed by atoms with Gasteiger partial charge in [0.2, 0.25) is 11.5 Å². The van der Waals surface area contributed by atoms with Gasteiger partial charge in [-0.3, -0.25) is 9.59 Å². The van der Waals surface area contributed by atoms with E-state index in [9.17, 15) is 9.59 Å². The van der Waals surface area contributed by atoms with Crippen LogP contribution in [0.5, 0.6) is 17.2 Å². The average Bonchev–Trinajstić information content (AvgIpc) is 3.27. The lowest BCUT2D eigenvalue weighted by Crippen LogP contribution is -2.13. The Morgan fingerprint density at radius 3 is 2.03 bits per heavy atom. The number of benzene rings is 3. The van der Waals surface area contributed by atoms with Crippen LogP contribution in [0.4, 0.5) is 5.69 Å². The summed E-state index contributed by atoms with van der Waals surface area (Å²) in [6, 6.07) is 18.9. The van der Waals surface area contributed by atoms with Gasteiger partial charge in [-0.05, 0) is 48.5 Å². The standard InChI is InChI=1S/C25H21NO6/c1-29-21-13-17(14-22(30-2)24(21)31-3)25(28)26-18-10-8-15(9-11-18)23(27)20-12-16-6-4-5-7-19(16)32-20/h4-14H,1-3H3,(H,26,28). The lowest BCUT2D eigenvalue weighted by Gasteiger charge is -2.14. The largest absolute Gasteiger partial charge is 0.493 e. The summed E-state index contributed by atoms with van der Waals surface area (Å²) < 4.78 is 21.5. The molecule has 0 unspecified atom stereocenters.